The van der Waals surface area contributed by atoms with E-state index < -0.39 is 0 Å². The maximum Gasteiger partial charge on any atom is 0.101 e. The van der Waals surface area contributed by atoms with Crippen molar-refractivity contribution in [3.63, 3.8) is 0 Å². The van der Waals surface area contributed by atoms with Crippen LogP contribution in [0.1, 0.15) is 27.8 Å². The van der Waals surface area contributed by atoms with E-state index in [9.17, 15) is 5.26 Å². The molecule has 0 saturated heterocycles. The molecule has 0 spiro atoms. The number of rotatable bonds is 7. The van der Waals surface area contributed by atoms with Crippen LogP contribution < -0.4 is 0 Å². The summed E-state index contributed by atoms with van der Waals surface area (Å²) in [7, 11) is 0. The van der Waals surface area contributed by atoms with Crippen LogP contribution in [0.15, 0.2) is 207 Å². The quantitative estimate of drug-likeness (QED) is 0.160. The summed E-state index contributed by atoms with van der Waals surface area (Å²) in [4.78, 5) is 4.65. The van der Waals surface area contributed by atoms with E-state index in [0.29, 0.717) is 5.56 Å². The van der Waals surface area contributed by atoms with Crippen molar-refractivity contribution in [2.45, 2.75) is 27.7 Å². The number of hydrogen-bond donors (Lipinski definition) is 0. The van der Waals surface area contributed by atoms with Gasteiger partial charge in [-0.1, -0.05) is 150 Å². The molecule has 0 aliphatic carbocycles. The second-order valence-corrected chi connectivity index (χ2v) is 18.3. The summed E-state index contributed by atoms with van der Waals surface area (Å²) in [5.74, 6) is 0. The Morgan fingerprint density at radius 1 is 0.353 bits per heavy atom. The minimum atomic E-state index is 0.569. The topological polar surface area (TPSA) is 46.5 Å². The average molecular weight is 871 g/mol. The van der Waals surface area contributed by atoms with Crippen LogP contribution in [0.4, 0.5) is 0 Å². The van der Waals surface area contributed by atoms with Gasteiger partial charge in [-0.25, -0.2) is 0 Å². The number of hydrogen-bond acceptors (Lipinski definition) is 2. The highest BCUT2D eigenvalue weighted by Gasteiger charge is 2.23. The third-order valence-electron chi connectivity index (χ3n) is 13.8. The van der Waals surface area contributed by atoms with Gasteiger partial charge < -0.3 is 9.13 Å². The molecule has 0 bridgehead atoms. The van der Waals surface area contributed by atoms with E-state index in [1.54, 1.807) is 0 Å². The molecular weight excluding hydrogens is 825 g/mol. The Kier molecular flexibility index (Phi) is 9.74. The number of fused-ring (bicyclic) bond motifs is 6. The fraction of sp³-hybridized carbons (Fsp3) is 0.0625. The Bertz CT molecular complexity index is 3750. The van der Waals surface area contributed by atoms with Gasteiger partial charge in [-0.2, -0.15) is 5.26 Å². The van der Waals surface area contributed by atoms with Crippen molar-refractivity contribution < 1.29 is 0 Å². The highest BCUT2D eigenvalue weighted by atomic mass is 15.0. The monoisotopic (exact) mass is 870 g/mol. The van der Waals surface area contributed by atoms with Gasteiger partial charge in [0.15, 0.2) is 0 Å². The van der Waals surface area contributed by atoms with Crippen molar-refractivity contribution in [1.29, 1.82) is 5.26 Å². The predicted octanol–water partition coefficient (Wildman–Crippen LogP) is 16.7. The number of aryl methyl sites for hydroxylation is 4. The number of nitriles is 1. The zero-order valence-corrected chi connectivity index (χ0v) is 38.4. The van der Waals surface area contributed by atoms with E-state index in [0.717, 1.165) is 99.5 Å². The third-order valence-corrected chi connectivity index (χ3v) is 13.8. The van der Waals surface area contributed by atoms with E-state index in [1.165, 1.54) is 33.4 Å². The average Bonchev–Trinajstić information content (AvgIpc) is 3.88. The Morgan fingerprint density at radius 3 is 1.01 bits per heavy atom. The lowest BCUT2D eigenvalue weighted by molar-refractivity contribution is 1.13. The van der Waals surface area contributed by atoms with Crippen LogP contribution in [0.5, 0.6) is 0 Å². The highest BCUT2D eigenvalue weighted by Crippen LogP contribution is 2.43. The number of benzene rings is 9. The molecule has 0 aliphatic rings. The first-order valence-corrected chi connectivity index (χ1v) is 23.2. The summed E-state index contributed by atoms with van der Waals surface area (Å²) in [5.41, 5.74) is 22.6. The van der Waals surface area contributed by atoms with Gasteiger partial charge in [0.1, 0.15) is 6.07 Å². The van der Waals surface area contributed by atoms with Crippen molar-refractivity contribution in [3.05, 3.63) is 234 Å². The second kappa shape index (κ2) is 16.3. The van der Waals surface area contributed by atoms with Crippen LogP contribution in [-0.2, 0) is 0 Å². The Labute approximate surface area is 396 Å². The van der Waals surface area contributed by atoms with Gasteiger partial charge in [-0.15, -0.1) is 0 Å². The summed E-state index contributed by atoms with van der Waals surface area (Å²) in [6.45, 7) is 8.49. The van der Waals surface area contributed by atoms with Crippen molar-refractivity contribution in [2.24, 2.45) is 0 Å². The zero-order valence-electron chi connectivity index (χ0n) is 38.4. The SMILES string of the molecule is Cc1ccc(-c2ccc3c(c2)c2cc(-c4ccc(C)cc4)ccc2n3-c2cc(-c3cccnc3)c(-n3c4ccc(-c5ccc(C)cc5)cc4c4cc(-c5ccc(C)cc5)ccc43)cc2C#N)cc1. The fourth-order valence-corrected chi connectivity index (χ4v) is 10.1. The summed E-state index contributed by atoms with van der Waals surface area (Å²) in [6, 6.07) is 73.1. The molecule has 0 radical (unpaired) electrons. The molecule has 3 aromatic heterocycles. The number of aromatic nitrogens is 3. The summed E-state index contributed by atoms with van der Waals surface area (Å²) >= 11 is 0. The van der Waals surface area contributed by atoms with Gasteiger partial charge >= 0.3 is 0 Å². The smallest absolute Gasteiger partial charge is 0.101 e. The standard InChI is InChI=1S/C64H46N4/c1-40-7-15-44(16-8-40)48-23-27-59-55(32-48)56-33-49(45-17-9-41(2)10-18-45)24-28-60(56)67(59)63-37-54(52-6-5-31-66-39-52)64(36-53(63)38-65)68-61-29-25-50(46-19-11-42(3)12-20-46)34-57(61)58-35-51(26-30-62(58)68)47-21-13-43(4)14-22-47/h5-37,39H,1-4H3. The second-order valence-electron chi connectivity index (χ2n) is 18.3. The lowest BCUT2D eigenvalue weighted by Gasteiger charge is -2.19. The van der Waals surface area contributed by atoms with E-state index in [2.05, 4.69) is 236 Å². The molecule has 0 aliphatic heterocycles. The largest absolute Gasteiger partial charge is 0.309 e. The third kappa shape index (κ3) is 6.96. The maximum atomic E-state index is 11.4. The zero-order chi connectivity index (χ0) is 46.0. The molecule has 3 heterocycles. The molecule has 0 N–H and O–H groups in total. The Balaban J connectivity index is 1.13. The number of nitrogens with zero attached hydrogens (tertiary/aromatic N) is 4. The molecule has 4 heteroatoms. The molecule has 4 nitrogen and oxygen atoms in total. The van der Waals surface area contributed by atoms with Crippen LogP contribution in [0.2, 0.25) is 0 Å². The van der Waals surface area contributed by atoms with Crippen LogP contribution in [0.25, 0.3) is 111 Å². The van der Waals surface area contributed by atoms with Crippen molar-refractivity contribution in [1.82, 2.24) is 14.1 Å². The Morgan fingerprint density at radius 2 is 0.691 bits per heavy atom. The minimum Gasteiger partial charge on any atom is -0.309 e. The van der Waals surface area contributed by atoms with Crippen molar-refractivity contribution in [3.8, 4) is 73.1 Å². The lowest BCUT2D eigenvalue weighted by atomic mass is 9.99. The summed E-state index contributed by atoms with van der Waals surface area (Å²) < 4.78 is 4.64. The van der Waals surface area contributed by atoms with Crippen LogP contribution in [0, 0.1) is 39.0 Å². The van der Waals surface area contributed by atoms with Crippen molar-refractivity contribution >= 4 is 43.6 Å². The molecule has 0 atom stereocenters. The fourth-order valence-electron chi connectivity index (χ4n) is 10.1. The van der Waals surface area contributed by atoms with Gasteiger partial charge in [0, 0.05) is 45.1 Å². The normalized spacial score (nSPS) is 11.5. The number of pyridine rings is 1. The van der Waals surface area contributed by atoms with E-state index in [4.69, 9.17) is 0 Å². The van der Waals surface area contributed by atoms with Crippen LogP contribution >= 0.6 is 0 Å². The van der Waals surface area contributed by atoms with Gasteiger partial charge in [-0.3, -0.25) is 4.98 Å². The summed E-state index contributed by atoms with van der Waals surface area (Å²) in [5, 5.41) is 15.9. The van der Waals surface area contributed by atoms with Gasteiger partial charge in [-0.05, 0) is 139 Å². The lowest BCUT2D eigenvalue weighted by Crippen LogP contribution is -2.04. The molecule has 0 saturated carbocycles. The van der Waals surface area contributed by atoms with Gasteiger partial charge in [0.05, 0.1) is 39.0 Å². The molecule has 0 fully saturated rings. The highest BCUT2D eigenvalue weighted by molar-refractivity contribution is 6.14. The molecular formula is C64H46N4. The molecule has 0 unspecified atom stereocenters. The van der Waals surface area contributed by atoms with Gasteiger partial charge in [0.25, 0.3) is 0 Å². The predicted molar refractivity (Wildman–Crippen MR) is 284 cm³/mol. The first-order chi connectivity index (χ1) is 33.3. The van der Waals surface area contributed by atoms with E-state index in [-0.39, 0.29) is 0 Å². The van der Waals surface area contributed by atoms with Crippen molar-refractivity contribution in [2.75, 3.05) is 0 Å². The first-order valence-electron chi connectivity index (χ1n) is 23.2. The summed E-state index contributed by atoms with van der Waals surface area (Å²) in [6.07, 6.45) is 3.75. The van der Waals surface area contributed by atoms with E-state index in [1.807, 2.05) is 18.5 Å². The Hall–Kier alpha value is -8.78. The molecule has 12 rings (SSSR count). The van der Waals surface area contributed by atoms with Crippen LogP contribution in [0.3, 0.4) is 0 Å². The first kappa shape index (κ1) is 40.7. The molecule has 12 aromatic rings. The molecule has 9 aromatic carbocycles. The maximum absolute atomic E-state index is 11.4. The molecule has 68 heavy (non-hydrogen) atoms. The molecule has 0 amide bonds. The molecule has 322 valence electrons. The minimum absolute atomic E-state index is 0.569. The van der Waals surface area contributed by atoms with E-state index >= 15 is 0 Å². The van der Waals surface area contributed by atoms with Crippen LogP contribution in [-0.4, -0.2) is 14.1 Å². The van der Waals surface area contributed by atoms with Gasteiger partial charge in [0.2, 0.25) is 0 Å².